The minimum Gasteiger partial charge on any atom is -0.462 e. The molecule has 8 atom stereocenters. The van der Waals surface area contributed by atoms with Crippen molar-refractivity contribution in [1.29, 1.82) is 0 Å². The van der Waals surface area contributed by atoms with Crippen LogP contribution in [0.4, 0.5) is 0 Å². The number of hydrogen-bond donors (Lipinski definition) is 0. The Morgan fingerprint density at radius 3 is 2.57 bits per heavy atom. The fourth-order valence-electron chi connectivity index (χ4n) is 9.31. The average molecular weight is 411 g/mol. The molecule has 30 heavy (non-hydrogen) atoms. The average Bonchev–Trinajstić information content (AvgIpc) is 2.98. The van der Waals surface area contributed by atoms with E-state index in [-0.39, 0.29) is 28.3 Å². The van der Waals surface area contributed by atoms with Crippen molar-refractivity contribution >= 4 is 11.8 Å². The summed E-state index contributed by atoms with van der Waals surface area (Å²) >= 11 is 0. The molecule has 0 aromatic carbocycles. The molecule has 0 saturated heterocycles. The first-order chi connectivity index (χ1) is 14.2. The van der Waals surface area contributed by atoms with Gasteiger partial charge in [-0.15, -0.1) is 0 Å². The Bertz CT molecular complexity index is 824. The van der Waals surface area contributed by atoms with E-state index in [1.807, 2.05) is 6.92 Å². The van der Waals surface area contributed by atoms with Gasteiger partial charge < -0.3 is 4.74 Å². The molecule has 0 aromatic rings. The Hall–Kier alpha value is -1.38. The van der Waals surface area contributed by atoms with Gasteiger partial charge in [0.1, 0.15) is 11.9 Å². The first-order valence-electron chi connectivity index (χ1n) is 12.2. The molecule has 5 rings (SSSR count). The number of fused-ring (bicyclic) bond motifs is 7. The number of allylic oxidation sites excluding steroid dienone is 3. The lowest BCUT2D eigenvalue weighted by Crippen LogP contribution is -2.55. The van der Waals surface area contributed by atoms with E-state index in [0.717, 1.165) is 38.5 Å². The molecular weight excluding hydrogens is 372 g/mol. The molecule has 0 aromatic heterocycles. The summed E-state index contributed by atoms with van der Waals surface area (Å²) in [6.45, 7) is 8.38. The summed E-state index contributed by atoms with van der Waals surface area (Å²) < 4.78 is 5.59. The number of Topliss-reactive ketones (excluding diaryl/α,β-unsaturated/α-hetero) is 1. The second kappa shape index (κ2) is 6.81. The Labute approximate surface area is 181 Å². The quantitative estimate of drug-likeness (QED) is 0.412. The van der Waals surface area contributed by atoms with Gasteiger partial charge in [-0.1, -0.05) is 37.6 Å². The van der Waals surface area contributed by atoms with Crippen molar-refractivity contribution in [2.24, 2.45) is 39.9 Å². The molecule has 0 amide bonds. The largest absolute Gasteiger partial charge is 0.462 e. The predicted octanol–water partition coefficient (Wildman–Crippen LogP) is 6.03. The predicted molar refractivity (Wildman–Crippen MR) is 118 cm³/mol. The Kier molecular flexibility index (Phi) is 4.66. The molecule has 5 aliphatic rings. The standard InChI is InChI=1S/C27H38O3/c1-17(28)27-12-6-5-7-20(27)16-24-22-9-8-19-15-21(30-18(2)29)10-13-25(19,3)23(22)11-14-26(24,27)4/h5-6,8,20-24H,7,9-16H2,1-4H3/t20-,21+,22+,23-,24+,25+,26+,27-/m1/s1. The lowest BCUT2D eigenvalue weighted by atomic mass is 9.44. The van der Waals surface area contributed by atoms with E-state index in [1.54, 1.807) is 5.57 Å². The van der Waals surface area contributed by atoms with Gasteiger partial charge in [-0.05, 0) is 92.8 Å². The molecule has 0 unspecified atom stereocenters. The number of carbonyl (C=O) groups excluding carboxylic acids is 2. The third-order valence-corrected chi connectivity index (χ3v) is 10.7. The molecule has 3 fully saturated rings. The van der Waals surface area contributed by atoms with E-state index in [9.17, 15) is 9.59 Å². The second-order valence-corrected chi connectivity index (χ2v) is 11.6. The molecule has 164 valence electrons. The van der Waals surface area contributed by atoms with Crippen molar-refractivity contribution in [2.75, 3.05) is 0 Å². The zero-order valence-electron chi connectivity index (χ0n) is 19.2. The zero-order chi connectivity index (χ0) is 21.3. The monoisotopic (exact) mass is 410 g/mol. The number of rotatable bonds is 2. The first kappa shape index (κ1) is 20.5. The van der Waals surface area contributed by atoms with E-state index < -0.39 is 0 Å². The number of ether oxygens (including phenoxy) is 1. The van der Waals surface area contributed by atoms with Crippen LogP contribution in [0.25, 0.3) is 0 Å². The lowest BCUT2D eigenvalue weighted by Gasteiger charge is -2.60. The number of carbonyl (C=O) groups is 2. The molecule has 3 nitrogen and oxygen atoms in total. The highest BCUT2D eigenvalue weighted by Crippen LogP contribution is 2.73. The highest BCUT2D eigenvalue weighted by atomic mass is 16.5. The summed E-state index contributed by atoms with van der Waals surface area (Å²) in [6.07, 6.45) is 17.1. The molecular formula is C27H38O3. The van der Waals surface area contributed by atoms with Crippen LogP contribution in [-0.4, -0.2) is 17.9 Å². The van der Waals surface area contributed by atoms with Crippen molar-refractivity contribution in [1.82, 2.24) is 0 Å². The summed E-state index contributed by atoms with van der Waals surface area (Å²) in [5.74, 6) is 2.90. The summed E-state index contributed by atoms with van der Waals surface area (Å²) in [5.41, 5.74) is 1.81. The van der Waals surface area contributed by atoms with Crippen molar-refractivity contribution < 1.29 is 14.3 Å². The van der Waals surface area contributed by atoms with Crippen LogP contribution in [0.2, 0.25) is 0 Å². The molecule has 0 aliphatic heterocycles. The van der Waals surface area contributed by atoms with Crippen LogP contribution in [0.5, 0.6) is 0 Å². The van der Waals surface area contributed by atoms with Crippen LogP contribution < -0.4 is 0 Å². The van der Waals surface area contributed by atoms with Crippen molar-refractivity contribution in [2.45, 2.75) is 91.6 Å². The molecule has 3 saturated carbocycles. The van der Waals surface area contributed by atoms with Crippen LogP contribution in [0.1, 0.15) is 85.5 Å². The van der Waals surface area contributed by atoms with Crippen LogP contribution in [0.15, 0.2) is 23.8 Å². The highest BCUT2D eigenvalue weighted by Gasteiger charge is 2.68. The summed E-state index contributed by atoms with van der Waals surface area (Å²) in [6, 6.07) is 0. The summed E-state index contributed by atoms with van der Waals surface area (Å²) in [5, 5.41) is 0. The Balaban J connectivity index is 1.47. The van der Waals surface area contributed by atoms with Gasteiger partial charge >= 0.3 is 5.97 Å². The van der Waals surface area contributed by atoms with Crippen molar-refractivity contribution in [3.63, 3.8) is 0 Å². The maximum Gasteiger partial charge on any atom is 0.302 e. The van der Waals surface area contributed by atoms with Gasteiger partial charge in [-0.2, -0.15) is 0 Å². The van der Waals surface area contributed by atoms with Crippen LogP contribution in [0.3, 0.4) is 0 Å². The van der Waals surface area contributed by atoms with Gasteiger partial charge in [0.15, 0.2) is 0 Å². The molecule has 3 heteroatoms. The number of esters is 1. The normalized spacial score (nSPS) is 49.2. The van der Waals surface area contributed by atoms with Gasteiger partial charge in [0.25, 0.3) is 0 Å². The molecule has 0 bridgehead atoms. The minimum absolute atomic E-state index is 0.0636. The molecule has 0 spiro atoms. The van der Waals surface area contributed by atoms with E-state index in [0.29, 0.717) is 29.5 Å². The van der Waals surface area contributed by atoms with Gasteiger partial charge in [0.2, 0.25) is 0 Å². The smallest absolute Gasteiger partial charge is 0.302 e. The van der Waals surface area contributed by atoms with Crippen molar-refractivity contribution in [3.8, 4) is 0 Å². The Morgan fingerprint density at radius 2 is 1.83 bits per heavy atom. The third-order valence-electron chi connectivity index (χ3n) is 10.7. The molecule has 5 aliphatic carbocycles. The van der Waals surface area contributed by atoms with Gasteiger partial charge in [-0.25, -0.2) is 0 Å². The first-order valence-corrected chi connectivity index (χ1v) is 12.2. The second-order valence-electron chi connectivity index (χ2n) is 11.6. The third kappa shape index (κ3) is 2.56. The maximum atomic E-state index is 13.2. The van der Waals surface area contributed by atoms with Crippen LogP contribution >= 0.6 is 0 Å². The summed E-state index contributed by atoms with van der Waals surface area (Å²) in [7, 11) is 0. The topological polar surface area (TPSA) is 43.4 Å². The molecule has 0 radical (unpaired) electrons. The van der Waals surface area contributed by atoms with E-state index in [2.05, 4.69) is 32.1 Å². The van der Waals surface area contributed by atoms with E-state index in [4.69, 9.17) is 4.74 Å². The maximum absolute atomic E-state index is 13.2. The van der Waals surface area contributed by atoms with Crippen molar-refractivity contribution in [3.05, 3.63) is 23.8 Å². The van der Waals surface area contributed by atoms with E-state index in [1.165, 1.54) is 26.2 Å². The minimum atomic E-state index is -0.150. The van der Waals surface area contributed by atoms with E-state index >= 15 is 0 Å². The van der Waals surface area contributed by atoms with Gasteiger partial charge in [-0.3, -0.25) is 9.59 Å². The fourth-order valence-corrected chi connectivity index (χ4v) is 9.31. The van der Waals surface area contributed by atoms with Crippen LogP contribution in [0, 0.1) is 39.9 Å². The summed E-state index contributed by atoms with van der Waals surface area (Å²) in [4.78, 5) is 24.6. The Morgan fingerprint density at radius 1 is 1.03 bits per heavy atom. The number of hydrogen-bond acceptors (Lipinski definition) is 3. The van der Waals surface area contributed by atoms with Gasteiger partial charge in [0.05, 0.1) is 0 Å². The SMILES string of the molecule is CC(=O)O[C@H]1CC[C@@]2(C)C(=CC[C@H]3[C@H]2CC[C@@]2(C)[C@H]3C[C@H]3CC=CC[C@@]32C(C)=O)C1. The van der Waals surface area contributed by atoms with Gasteiger partial charge in [0, 0.05) is 18.8 Å². The lowest BCUT2D eigenvalue weighted by molar-refractivity contribution is -0.150. The van der Waals surface area contributed by atoms with Crippen LogP contribution in [-0.2, 0) is 14.3 Å². The fraction of sp³-hybridized carbons (Fsp3) is 0.778. The molecule has 0 heterocycles. The molecule has 0 N–H and O–H groups in total. The number of ketones is 1. The highest BCUT2D eigenvalue weighted by molar-refractivity contribution is 5.85. The zero-order valence-corrected chi connectivity index (χ0v) is 19.2.